The number of piperidine rings is 1. The first-order valence-corrected chi connectivity index (χ1v) is 10.3. The minimum Gasteiger partial charge on any atom is -0.371 e. The van der Waals surface area contributed by atoms with Crippen molar-refractivity contribution in [3.05, 3.63) is 58.1 Å². The number of nitrogens with one attached hydrogen (secondary N) is 2. The summed E-state index contributed by atoms with van der Waals surface area (Å²) in [5, 5.41) is 16.9. The summed E-state index contributed by atoms with van der Waals surface area (Å²) < 4.78 is 0. The lowest BCUT2D eigenvalue weighted by Gasteiger charge is -2.30. The smallest absolute Gasteiger partial charge is 0.270 e. The van der Waals surface area contributed by atoms with Crippen LogP contribution in [0.15, 0.2) is 42.5 Å². The quantitative estimate of drug-likeness (QED) is 0.551. The van der Waals surface area contributed by atoms with Crippen LogP contribution >= 0.6 is 0 Å². The summed E-state index contributed by atoms with van der Waals surface area (Å²) in [5.74, 6) is -0.338. The van der Waals surface area contributed by atoms with Crippen molar-refractivity contribution in [3.63, 3.8) is 0 Å². The Kier molecular flexibility index (Phi) is 5.65. The Morgan fingerprint density at radius 1 is 0.967 bits per heavy atom. The van der Waals surface area contributed by atoms with Crippen molar-refractivity contribution < 1.29 is 14.5 Å². The Labute approximate surface area is 174 Å². The first-order valence-electron chi connectivity index (χ1n) is 10.3. The van der Waals surface area contributed by atoms with Crippen LogP contribution in [0, 0.1) is 16.0 Å². The molecule has 2 amide bonds. The maximum absolute atomic E-state index is 13.1. The molecule has 1 heterocycles. The lowest BCUT2D eigenvalue weighted by molar-refractivity contribution is -0.384. The van der Waals surface area contributed by atoms with Gasteiger partial charge in [0, 0.05) is 42.5 Å². The molecule has 8 nitrogen and oxygen atoms in total. The van der Waals surface area contributed by atoms with Gasteiger partial charge in [-0.3, -0.25) is 19.7 Å². The zero-order valence-corrected chi connectivity index (χ0v) is 16.6. The highest BCUT2D eigenvalue weighted by molar-refractivity contribution is 6.09. The molecule has 2 aromatic rings. The van der Waals surface area contributed by atoms with Gasteiger partial charge in [-0.1, -0.05) is 6.07 Å². The summed E-state index contributed by atoms with van der Waals surface area (Å²) in [6.45, 7) is 1.64. The maximum Gasteiger partial charge on any atom is 0.270 e. The van der Waals surface area contributed by atoms with Crippen LogP contribution < -0.4 is 15.5 Å². The van der Waals surface area contributed by atoms with Crippen LogP contribution in [-0.2, 0) is 4.79 Å². The van der Waals surface area contributed by atoms with Gasteiger partial charge in [-0.2, -0.15) is 0 Å². The van der Waals surface area contributed by atoms with Crippen molar-refractivity contribution in [2.75, 3.05) is 28.6 Å². The molecule has 0 atom stereocenters. The van der Waals surface area contributed by atoms with E-state index in [-0.39, 0.29) is 23.1 Å². The molecule has 8 heteroatoms. The Balaban J connectivity index is 1.56. The summed E-state index contributed by atoms with van der Waals surface area (Å²) in [7, 11) is 0. The number of amides is 2. The molecule has 1 saturated carbocycles. The fraction of sp³-hybridized carbons (Fsp3) is 0.364. The molecule has 0 bridgehead atoms. The summed E-state index contributed by atoms with van der Waals surface area (Å²) >= 11 is 0. The molecular weight excluding hydrogens is 384 g/mol. The van der Waals surface area contributed by atoms with E-state index in [9.17, 15) is 19.7 Å². The van der Waals surface area contributed by atoms with E-state index in [1.165, 1.54) is 12.1 Å². The third-order valence-corrected chi connectivity index (χ3v) is 5.47. The average molecular weight is 408 g/mol. The number of carbonyl (C=O) groups excluding carboxylic acids is 2. The van der Waals surface area contributed by atoms with Gasteiger partial charge >= 0.3 is 0 Å². The van der Waals surface area contributed by atoms with Gasteiger partial charge in [0.2, 0.25) is 5.91 Å². The van der Waals surface area contributed by atoms with Crippen molar-refractivity contribution in [2.45, 2.75) is 32.1 Å². The van der Waals surface area contributed by atoms with Crippen LogP contribution in [0.5, 0.6) is 0 Å². The lowest BCUT2D eigenvalue weighted by Crippen LogP contribution is -2.31. The number of benzene rings is 2. The number of anilines is 3. The largest absolute Gasteiger partial charge is 0.371 e. The van der Waals surface area contributed by atoms with Crippen LogP contribution in [0.25, 0.3) is 0 Å². The fourth-order valence-electron chi connectivity index (χ4n) is 3.69. The molecule has 1 saturated heterocycles. The van der Waals surface area contributed by atoms with E-state index < -0.39 is 10.8 Å². The van der Waals surface area contributed by atoms with Crippen molar-refractivity contribution in [1.29, 1.82) is 0 Å². The van der Waals surface area contributed by atoms with Gasteiger partial charge in [-0.25, -0.2) is 0 Å². The predicted molar refractivity (Wildman–Crippen MR) is 115 cm³/mol. The number of nitrogens with zero attached hydrogens (tertiary/aromatic N) is 2. The topological polar surface area (TPSA) is 105 Å². The minimum absolute atomic E-state index is 0.00968. The number of hydrogen-bond acceptors (Lipinski definition) is 5. The van der Waals surface area contributed by atoms with E-state index in [1.54, 1.807) is 30.3 Å². The normalized spacial score (nSPS) is 16.1. The van der Waals surface area contributed by atoms with Gasteiger partial charge < -0.3 is 15.5 Å². The van der Waals surface area contributed by atoms with Crippen LogP contribution in [0.3, 0.4) is 0 Å². The zero-order valence-electron chi connectivity index (χ0n) is 16.6. The molecule has 1 aliphatic heterocycles. The predicted octanol–water partition coefficient (Wildman–Crippen LogP) is 4.19. The maximum atomic E-state index is 13.1. The van der Waals surface area contributed by atoms with Gasteiger partial charge in [0.05, 0.1) is 16.2 Å². The Morgan fingerprint density at radius 3 is 2.33 bits per heavy atom. The molecule has 4 rings (SSSR count). The summed E-state index contributed by atoms with van der Waals surface area (Å²) in [6.07, 6.45) is 5.02. The van der Waals surface area contributed by atoms with Crippen LogP contribution in [-0.4, -0.2) is 29.8 Å². The van der Waals surface area contributed by atoms with E-state index in [1.807, 2.05) is 0 Å². The monoisotopic (exact) mass is 408 g/mol. The van der Waals surface area contributed by atoms with Crippen molar-refractivity contribution in [2.24, 2.45) is 5.92 Å². The van der Waals surface area contributed by atoms with Crippen molar-refractivity contribution in [3.8, 4) is 0 Å². The Bertz CT molecular complexity index is 981. The molecule has 0 unspecified atom stereocenters. The molecular formula is C22H24N4O4. The van der Waals surface area contributed by atoms with E-state index >= 15 is 0 Å². The minimum atomic E-state index is -0.495. The first kappa shape index (κ1) is 19.9. The molecule has 1 aliphatic carbocycles. The second kappa shape index (κ2) is 8.52. The third kappa shape index (κ3) is 4.59. The SMILES string of the molecule is O=C(Nc1cccc(NC(=O)C2CC2)c1)c1cc([N+](=O)[O-])ccc1N1CCCCC1. The van der Waals surface area contributed by atoms with Crippen molar-refractivity contribution in [1.82, 2.24) is 0 Å². The molecule has 30 heavy (non-hydrogen) atoms. The summed E-state index contributed by atoms with van der Waals surface area (Å²) in [5.41, 5.74) is 1.99. The first-order chi connectivity index (χ1) is 14.5. The molecule has 2 fully saturated rings. The highest BCUT2D eigenvalue weighted by atomic mass is 16.6. The fourth-order valence-corrected chi connectivity index (χ4v) is 3.69. The number of carbonyl (C=O) groups is 2. The van der Waals surface area contributed by atoms with Gasteiger partial charge in [0.1, 0.15) is 0 Å². The molecule has 2 aliphatic rings. The summed E-state index contributed by atoms with van der Waals surface area (Å²) in [6, 6.07) is 11.4. The van der Waals surface area contributed by atoms with E-state index in [0.29, 0.717) is 17.1 Å². The number of rotatable bonds is 6. The van der Waals surface area contributed by atoms with Crippen LogP contribution in [0.4, 0.5) is 22.7 Å². The highest BCUT2D eigenvalue weighted by Gasteiger charge is 2.29. The van der Waals surface area contributed by atoms with Crippen LogP contribution in [0.2, 0.25) is 0 Å². The molecule has 2 N–H and O–H groups in total. The van der Waals surface area contributed by atoms with Gasteiger partial charge in [-0.05, 0) is 56.4 Å². The van der Waals surface area contributed by atoms with Gasteiger partial charge in [0.15, 0.2) is 0 Å². The summed E-state index contributed by atoms with van der Waals surface area (Å²) in [4.78, 5) is 37.9. The molecule has 156 valence electrons. The van der Waals surface area contributed by atoms with E-state index in [2.05, 4.69) is 15.5 Å². The van der Waals surface area contributed by atoms with E-state index in [0.717, 1.165) is 45.2 Å². The second-order valence-electron chi connectivity index (χ2n) is 7.80. The average Bonchev–Trinajstić information content (AvgIpc) is 3.60. The number of non-ortho nitro benzene ring substituents is 1. The Morgan fingerprint density at radius 2 is 1.67 bits per heavy atom. The standard InChI is InChI=1S/C22H24N4O4/c27-21(15-7-8-15)23-16-5-4-6-17(13-16)24-22(28)19-14-18(26(29)30)9-10-20(19)25-11-2-1-3-12-25/h4-6,9-10,13-15H,1-3,7-8,11-12H2,(H,23,27)(H,24,28). The second-order valence-corrected chi connectivity index (χ2v) is 7.80. The van der Waals surface area contributed by atoms with Gasteiger partial charge in [0.25, 0.3) is 11.6 Å². The molecule has 0 spiro atoms. The molecule has 0 radical (unpaired) electrons. The number of nitro groups is 1. The third-order valence-electron chi connectivity index (χ3n) is 5.47. The highest BCUT2D eigenvalue weighted by Crippen LogP contribution is 2.31. The number of hydrogen-bond donors (Lipinski definition) is 2. The van der Waals surface area contributed by atoms with Crippen LogP contribution in [0.1, 0.15) is 42.5 Å². The molecule has 2 aromatic carbocycles. The van der Waals surface area contributed by atoms with Gasteiger partial charge in [-0.15, -0.1) is 0 Å². The zero-order chi connectivity index (χ0) is 21.1. The molecule has 0 aromatic heterocycles. The van der Waals surface area contributed by atoms with E-state index in [4.69, 9.17) is 0 Å². The lowest BCUT2D eigenvalue weighted by atomic mass is 10.1. The van der Waals surface area contributed by atoms with Crippen molar-refractivity contribution >= 4 is 34.6 Å². The Hall–Kier alpha value is -3.42. The number of nitro benzene ring substituents is 1.